The Morgan fingerprint density at radius 2 is 2.18 bits per heavy atom. The third kappa shape index (κ3) is 4.56. The summed E-state index contributed by atoms with van der Waals surface area (Å²) < 4.78 is 21.6. The lowest BCUT2D eigenvalue weighted by Crippen LogP contribution is -2.18. The first kappa shape index (κ1) is 21.8. The minimum atomic E-state index is -0.478. The lowest BCUT2D eigenvalue weighted by atomic mass is 10.2. The van der Waals surface area contributed by atoms with Gasteiger partial charge in [-0.2, -0.15) is 0 Å². The fourth-order valence-electron chi connectivity index (χ4n) is 3.72. The van der Waals surface area contributed by atoms with E-state index in [4.69, 9.17) is 10.5 Å². The smallest absolute Gasteiger partial charge is 0.234 e. The molecule has 0 radical (unpaired) electrons. The van der Waals surface area contributed by atoms with Gasteiger partial charge in [0, 0.05) is 18.2 Å². The Kier molecular flexibility index (Phi) is 6.25. The zero-order valence-corrected chi connectivity index (χ0v) is 19.2. The number of thioether (sulfide) groups is 1. The number of nitrogens with two attached hydrogens (primary N) is 1. The average Bonchev–Trinajstić information content (AvgIpc) is 3.55. The largest absolute Gasteiger partial charge is 0.397 e. The molecule has 1 unspecified atom stereocenters. The normalized spacial score (nSPS) is 15.8. The van der Waals surface area contributed by atoms with Crippen molar-refractivity contribution in [3.05, 3.63) is 48.4 Å². The van der Waals surface area contributed by atoms with Crippen molar-refractivity contribution in [1.82, 2.24) is 19.7 Å². The molecule has 3 N–H and O–H groups in total. The minimum absolute atomic E-state index is 0.0417. The minimum Gasteiger partial charge on any atom is -0.397 e. The maximum atomic E-state index is 13.8. The standard InChI is InChI=1S/C22H21FN6O2S2/c23-15-7-1-2-8-16(15)26-17(30)12-32-22-28-27-20(29(22)11-13-5-4-10-31-13)19-18(24)14-6-3-9-25-21(14)33-19/h1-3,6-9,13H,4-5,10-12,24H2,(H,26,30). The zero-order chi connectivity index (χ0) is 22.8. The van der Waals surface area contributed by atoms with Gasteiger partial charge in [-0.25, -0.2) is 9.37 Å². The Morgan fingerprint density at radius 3 is 2.97 bits per heavy atom. The Bertz CT molecular complexity index is 1300. The van der Waals surface area contributed by atoms with Gasteiger partial charge in [0.15, 0.2) is 11.0 Å². The number of fused-ring (bicyclic) bond motifs is 1. The summed E-state index contributed by atoms with van der Waals surface area (Å²) in [6, 6.07) is 9.85. The molecule has 8 nitrogen and oxygen atoms in total. The molecular weight excluding hydrogens is 463 g/mol. The van der Waals surface area contributed by atoms with Crippen LogP contribution in [0.3, 0.4) is 0 Å². The molecule has 11 heteroatoms. The number of halogens is 1. The topological polar surface area (TPSA) is 108 Å². The van der Waals surface area contributed by atoms with Gasteiger partial charge in [0.05, 0.1) is 34.7 Å². The van der Waals surface area contributed by atoms with Crippen molar-refractivity contribution >= 4 is 50.6 Å². The van der Waals surface area contributed by atoms with Gasteiger partial charge in [0.25, 0.3) is 0 Å². The summed E-state index contributed by atoms with van der Waals surface area (Å²) >= 11 is 2.70. The second kappa shape index (κ2) is 9.46. The van der Waals surface area contributed by atoms with E-state index in [0.29, 0.717) is 23.2 Å². The molecule has 1 atom stereocenters. The highest BCUT2D eigenvalue weighted by Gasteiger charge is 2.25. The van der Waals surface area contributed by atoms with Crippen molar-refractivity contribution in [3.8, 4) is 10.7 Å². The Balaban J connectivity index is 1.41. The number of nitrogens with one attached hydrogen (secondary N) is 1. The van der Waals surface area contributed by atoms with Gasteiger partial charge in [-0.05, 0) is 37.1 Å². The Labute approximate surface area is 197 Å². The lowest BCUT2D eigenvalue weighted by molar-refractivity contribution is -0.113. The van der Waals surface area contributed by atoms with Crippen molar-refractivity contribution in [2.24, 2.45) is 0 Å². The van der Waals surface area contributed by atoms with Gasteiger partial charge >= 0.3 is 0 Å². The van der Waals surface area contributed by atoms with E-state index in [9.17, 15) is 9.18 Å². The zero-order valence-electron chi connectivity index (χ0n) is 17.5. The van der Waals surface area contributed by atoms with Crippen molar-refractivity contribution in [1.29, 1.82) is 0 Å². The van der Waals surface area contributed by atoms with Crippen LogP contribution in [0.1, 0.15) is 12.8 Å². The van der Waals surface area contributed by atoms with E-state index in [1.165, 1.54) is 35.2 Å². The first-order valence-corrected chi connectivity index (χ1v) is 12.3. The van der Waals surface area contributed by atoms with E-state index < -0.39 is 5.82 Å². The van der Waals surface area contributed by atoms with E-state index in [2.05, 4.69) is 20.5 Å². The summed E-state index contributed by atoms with van der Waals surface area (Å²) in [6.07, 6.45) is 3.72. The molecule has 1 aliphatic heterocycles. The number of rotatable bonds is 7. The maximum absolute atomic E-state index is 13.8. The maximum Gasteiger partial charge on any atom is 0.234 e. The van der Waals surface area contributed by atoms with Gasteiger partial charge in [-0.1, -0.05) is 23.9 Å². The van der Waals surface area contributed by atoms with E-state index in [1.54, 1.807) is 18.3 Å². The number of nitrogens with zero attached hydrogens (tertiary/aromatic N) is 4. The van der Waals surface area contributed by atoms with Crippen LogP contribution in [0.25, 0.3) is 20.9 Å². The van der Waals surface area contributed by atoms with Crippen molar-refractivity contribution in [2.75, 3.05) is 23.4 Å². The number of thiophene rings is 1. The molecule has 1 aromatic carbocycles. The summed E-state index contributed by atoms with van der Waals surface area (Å²) in [5, 5.41) is 12.8. The second-order valence-electron chi connectivity index (χ2n) is 7.57. The number of hydrogen-bond donors (Lipinski definition) is 2. The van der Waals surface area contributed by atoms with Crippen LogP contribution in [0.2, 0.25) is 0 Å². The predicted molar refractivity (Wildman–Crippen MR) is 128 cm³/mol. The molecule has 0 saturated carbocycles. The van der Waals surface area contributed by atoms with E-state index in [-0.39, 0.29) is 23.5 Å². The number of anilines is 2. The number of aromatic nitrogens is 4. The van der Waals surface area contributed by atoms with Crippen molar-refractivity contribution in [3.63, 3.8) is 0 Å². The molecule has 0 aliphatic carbocycles. The summed E-state index contributed by atoms with van der Waals surface area (Å²) in [7, 11) is 0. The fraction of sp³-hybridized carbons (Fsp3) is 0.273. The van der Waals surface area contributed by atoms with Gasteiger partial charge in [0.1, 0.15) is 10.6 Å². The average molecular weight is 485 g/mol. The summed E-state index contributed by atoms with van der Waals surface area (Å²) in [6.45, 7) is 1.28. The van der Waals surface area contributed by atoms with Crippen molar-refractivity contribution < 1.29 is 13.9 Å². The quantitative estimate of drug-likeness (QED) is 0.379. The number of benzene rings is 1. The first-order valence-electron chi connectivity index (χ1n) is 10.5. The number of pyridine rings is 1. The van der Waals surface area contributed by atoms with Gasteiger partial charge in [-0.3, -0.25) is 9.36 Å². The third-order valence-electron chi connectivity index (χ3n) is 5.32. The highest BCUT2D eigenvalue weighted by atomic mass is 32.2. The van der Waals surface area contributed by atoms with Gasteiger partial charge in [-0.15, -0.1) is 21.5 Å². The SMILES string of the molecule is Nc1c(-c2nnc(SCC(=O)Nc3ccccc3F)n2CC2CCCO2)sc2ncccc12. The molecule has 0 bridgehead atoms. The molecule has 1 fully saturated rings. The molecule has 170 valence electrons. The van der Waals surface area contributed by atoms with Crippen molar-refractivity contribution in [2.45, 2.75) is 30.6 Å². The molecule has 5 rings (SSSR count). The number of carbonyl (C=O) groups is 1. The van der Waals surface area contributed by atoms with Crippen LogP contribution in [0.5, 0.6) is 0 Å². The fourth-order valence-corrected chi connectivity index (χ4v) is 5.52. The molecular formula is C22H21FN6O2S2. The molecule has 4 aromatic rings. The number of ether oxygens (including phenoxy) is 1. The van der Waals surface area contributed by atoms with Crippen LogP contribution in [0.4, 0.5) is 15.8 Å². The summed E-state index contributed by atoms with van der Waals surface area (Å²) in [4.78, 5) is 18.5. The Morgan fingerprint density at radius 1 is 1.30 bits per heavy atom. The molecule has 3 aromatic heterocycles. The molecule has 1 aliphatic rings. The van der Waals surface area contributed by atoms with Gasteiger partial charge in [0.2, 0.25) is 5.91 Å². The van der Waals surface area contributed by atoms with Crippen LogP contribution in [0, 0.1) is 5.82 Å². The number of para-hydroxylation sites is 1. The van der Waals surface area contributed by atoms with E-state index in [1.807, 2.05) is 16.7 Å². The summed E-state index contributed by atoms with van der Waals surface area (Å²) in [5.41, 5.74) is 7.19. The predicted octanol–water partition coefficient (Wildman–Crippen LogP) is 4.19. The second-order valence-corrected chi connectivity index (χ2v) is 9.51. The Hall–Kier alpha value is -3.02. The van der Waals surface area contributed by atoms with Crippen LogP contribution in [-0.4, -0.2) is 44.1 Å². The molecule has 0 spiro atoms. The number of nitrogen functional groups attached to an aromatic ring is 1. The van der Waals surface area contributed by atoms with Crippen LogP contribution in [-0.2, 0) is 16.1 Å². The first-order chi connectivity index (χ1) is 16.1. The molecule has 4 heterocycles. The lowest BCUT2D eigenvalue weighted by Gasteiger charge is -2.14. The van der Waals surface area contributed by atoms with Crippen LogP contribution in [0.15, 0.2) is 47.8 Å². The van der Waals surface area contributed by atoms with E-state index in [0.717, 1.165) is 34.5 Å². The highest BCUT2D eigenvalue weighted by Crippen LogP contribution is 2.40. The number of amides is 1. The van der Waals surface area contributed by atoms with Crippen LogP contribution < -0.4 is 11.1 Å². The molecule has 1 saturated heterocycles. The molecule has 1 amide bonds. The number of hydrogen-bond acceptors (Lipinski definition) is 8. The monoisotopic (exact) mass is 484 g/mol. The van der Waals surface area contributed by atoms with E-state index >= 15 is 0 Å². The number of carbonyl (C=O) groups excluding carboxylic acids is 1. The van der Waals surface area contributed by atoms with Gasteiger partial charge < -0.3 is 15.8 Å². The summed E-state index contributed by atoms with van der Waals surface area (Å²) in [5.74, 6) is -0.123. The highest BCUT2D eigenvalue weighted by molar-refractivity contribution is 7.99. The third-order valence-corrected chi connectivity index (χ3v) is 7.41. The van der Waals surface area contributed by atoms with Crippen LogP contribution >= 0.6 is 23.1 Å². The molecule has 33 heavy (non-hydrogen) atoms.